The minimum atomic E-state index is -0.275. The van der Waals surface area contributed by atoms with E-state index in [0.29, 0.717) is 23.7 Å². The van der Waals surface area contributed by atoms with Gasteiger partial charge in [0.2, 0.25) is 6.33 Å². The molecule has 0 spiro atoms. The SMILES string of the molecule is C[n+]1ccn(CCOC(=O)c2c(N)sc3c2CCCC3)c1. The van der Waals surface area contributed by atoms with Gasteiger partial charge in [0, 0.05) is 4.88 Å². The Kier molecular flexibility index (Phi) is 3.96. The van der Waals surface area contributed by atoms with Crippen LogP contribution in [0.2, 0.25) is 0 Å². The van der Waals surface area contributed by atoms with Crippen LogP contribution in [0.4, 0.5) is 5.00 Å². The molecule has 3 rings (SSSR count). The maximum Gasteiger partial charge on any atom is 0.341 e. The van der Waals surface area contributed by atoms with Crippen molar-refractivity contribution in [2.45, 2.75) is 32.2 Å². The van der Waals surface area contributed by atoms with Gasteiger partial charge in [-0.15, -0.1) is 11.3 Å². The first-order valence-corrected chi connectivity index (χ1v) is 8.05. The Morgan fingerprint density at radius 2 is 2.29 bits per heavy atom. The molecule has 0 saturated carbocycles. The molecule has 0 fully saturated rings. The van der Waals surface area contributed by atoms with Gasteiger partial charge in [-0.3, -0.25) is 0 Å². The Morgan fingerprint density at radius 3 is 3.05 bits per heavy atom. The monoisotopic (exact) mass is 306 g/mol. The Hall–Kier alpha value is -1.82. The zero-order chi connectivity index (χ0) is 14.8. The normalized spacial score (nSPS) is 14.0. The highest BCUT2D eigenvalue weighted by atomic mass is 32.1. The number of fused-ring (bicyclic) bond motifs is 1. The highest BCUT2D eigenvalue weighted by molar-refractivity contribution is 7.16. The minimum absolute atomic E-state index is 0.275. The maximum absolute atomic E-state index is 12.3. The van der Waals surface area contributed by atoms with Crippen molar-refractivity contribution in [1.82, 2.24) is 4.57 Å². The van der Waals surface area contributed by atoms with Crippen molar-refractivity contribution in [1.29, 1.82) is 0 Å². The van der Waals surface area contributed by atoms with Crippen molar-refractivity contribution < 1.29 is 14.1 Å². The number of hydrogen-bond donors (Lipinski definition) is 1. The van der Waals surface area contributed by atoms with Gasteiger partial charge in [-0.05, 0) is 31.2 Å². The molecule has 0 unspecified atom stereocenters. The molecule has 2 heterocycles. The first-order valence-electron chi connectivity index (χ1n) is 7.23. The number of carbonyl (C=O) groups excluding carboxylic acids is 1. The first-order chi connectivity index (χ1) is 10.1. The number of anilines is 1. The molecule has 2 aromatic rings. The molecule has 0 bridgehead atoms. The Bertz CT molecular complexity index is 660. The van der Waals surface area contributed by atoms with Crippen LogP contribution in [0.25, 0.3) is 0 Å². The number of imidazole rings is 1. The summed E-state index contributed by atoms with van der Waals surface area (Å²) in [4.78, 5) is 13.6. The number of aromatic nitrogens is 2. The number of nitrogen functional groups attached to an aromatic ring is 1. The van der Waals surface area contributed by atoms with Crippen LogP contribution in [0.1, 0.15) is 33.6 Å². The second-order valence-corrected chi connectivity index (χ2v) is 6.54. The van der Waals surface area contributed by atoms with Crippen molar-refractivity contribution in [3.63, 3.8) is 0 Å². The summed E-state index contributed by atoms with van der Waals surface area (Å²) in [7, 11) is 1.96. The molecule has 0 saturated heterocycles. The standard InChI is InChI=1S/C15H19N3O2S/c1-17-6-7-18(10-17)8-9-20-15(19)13-11-4-2-3-5-12(11)21-14(13)16/h6-7,10H,2-5,8-9H2,1H3,(H-,16,19)/p+1. The number of ether oxygens (including phenoxy) is 1. The number of aryl methyl sites for hydroxylation is 2. The lowest BCUT2D eigenvalue weighted by Gasteiger charge is -2.12. The second-order valence-electron chi connectivity index (χ2n) is 5.40. The second kappa shape index (κ2) is 5.89. The zero-order valence-electron chi connectivity index (χ0n) is 12.2. The average molecular weight is 306 g/mol. The van der Waals surface area contributed by atoms with Gasteiger partial charge in [0.1, 0.15) is 30.5 Å². The molecule has 1 aliphatic carbocycles. The van der Waals surface area contributed by atoms with Crippen LogP contribution in [0.5, 0.6) is 0 Å². The lowest BCUT2D eigenvalue weighted by atomic mass is 9.95. The predicted molar refractivity (Wildman–Crippen MR) is 81.3 cm³/mol. The van der Waals surface area contributed by atoms with E-state index in [-0.39, 0.29) is 5.97 Å². The average Bonchev–Trinajstić information content (AvgIpc) is 3.01. The van der Waals surface area contributed by atoms with Crippen molar-refractivity contribution in [2.75, 3.05) is 12.3 Å². The third-order valence-electron chi connectivity index (χ3n) is 3.81. The third-order valence-corrected chi connectivity index (χ3v) is 4.93. The number of nitrogens with two attached hydrogens (primary N) is 1. The Labute approximate surface area is 128 Å². The van der Waals surface area contributed by atoms with Gasteiger partial charge >= 0.3 is 5.97 Å². The number of hydrogen-bond acceptors (Lipinski definition) is 4. The molecular weight excluding hydrogens is 286 g/mol. The molecule has 5 nitrogen and oxygen atoms in total. The minimum Gasteiger partial charge on any atom is -0.458 e. The van der Waals surface area contributed by atoms with Gasteiger partial charge in [-0.2, -0.15) is 0 Å². The molecule has 0 aliphatic heterocycles. The van der Waals surface area contributed by atoms with E-state index in [1.807, 2.05) is 34.9 Å². The van der Waals surface area contributed by atoms with E-state index in [4.69, 9.17) is 10.5 Å². The number of esters is 1. The van der Waals surface area contributed by atoms with Gasteiger partial charge in [0.15, 0.2) is 0 Å². The summed E-state index contributed by atoms with van der Waals surface area (Å²) in [5.74, 6) is -0.275. The molecule has 0 amide bonds. The molecule has 0 atom stereocenters. The summed E-state index contributed by atoms with van der Waals surface area (Å²) in [6.45, 7) is 1.01. The fourth-order valence-corrected chi connectivity index (χ4v) is 3.91. The highest BCUT2D eigenvalue weighted by Crippen LogP contribution is 2.36. The lowest BCUT2D eigenvalue weighted by molar-refractivity contribution is -0.671. The van der Waals surface area contributed by atoms with E-state index in [2.05, 4.69) is 0 Å². The Balaban J connectivity index is 1.64. The smallest absolute Gasteiger partial charge is 0.341 e. The van der Waals surface area contributed by atoms with Crippen LogP contribution in [0.3, 0.4) is 0 Å². The van der Waals surface area contributed by atoms with Crippen LogP contribution in [0, 0.1) is 0 Å². The summed E-state index contributed by atoms with van der Waals surface area (Å²) in [5.41, 5.74) is 7.76. The third kappa shape index (κ3) is 2.95. The van der Waals surface area contributed by atoms with Crippen molar-refractivity contribution >= 4 is 22.3 Å². The van der Waals surface area contributed by atoms with Crippen LogP contribution in [0.15, 0.2) is 18.7 Å². The van der Waals surface area contributed by atoms with Gasteiger partial charge in [0.25, 0.3) is 0 Å². The molecule has 1 aliphatic rings. The molecule has 0 aromatic carbocycles. The van der Waals surface area contributed by atoms with Gasteiger partial charge in [0.05, 0.1) is 12.6 Å². The van der Waals surface area contributed by atoms with E-state index >= 15 is 0 Å². The topological polar surface area (TPSA) is 61.1 Å². The zero-order valence-corrected chi connectivity index (χ0v) is 13.0. The largest absolute Gasteiger partial charge is 0.458 e. The molecule has 6 heteroatoms. The number of thiophene rings is 1. The van der Waals surface area contributed by atoms with E-state index in [9.17, 15) is 4.79 Å². The van der Waals surface area contributed by atoms with Crippen LogP contribution < -0.4 is 10.3 Å². The maximum atomic E-state index is 12.3. The molecule has 2 N–H and O–H groups in total. The summed E-state index contributed by atoms with van der Waals surface area (Å²) < 4.78 is 9.34. The van der Waals surface area contributed by atoms with Crippen LogP contribution >= 0.6 is 11.3 Å². The van der Waals surface area contributed by atoms with Crippen molar-refractivity contribution in [3.05, 3.63) is 34.7 Å². The number of rotatable bonds is 4. The molecule has 21 heavy (non-hydrogen) atoms. The summed E-state index contributed by atoms with van der Waals surface area (Å²) in [5, 5.41) is 0.610. The molecule has 2 aromatic heterocycles. The van der Waals surface area contributed by atoms with E-state index in [1.54, 1.807) is 11.3 Å². The van der Waals surface area contributed by atoms with Crippen molar-refractivity contribution in [3.8, 4) is 0 Å². The van der Waals surface area contributed by atoms with E-state index < -0.39 is 0 Å². The summed E-state index contributed by atoms with van der Waals surface area (Å²) >= 11 is 1.55. The quantitative estimate of drug-likeness (QED) is 0.691. The summed E-state index contributed by atoms with van der Waals surface area (Å²) in [6.07, 6.45) is 10.2. The van der Waals surface area contributed by atoms with Crippen LogP contribution in [-0.4, -0.2) is 17.1 Å². The number of nitrogens with zero attached hydrogens (tertiary/aromatic N) is 2. The molecule has 112 valence electrons. The molecule has 0 radical (unpaired) electrons. The molecular formula is C15H20N3O2S+. The van der Waals surface area contributed by atoms with E-state index in [1.165, 1.54) is 11.3 Å². The van der Waals surface area contributed by atoms with Crippen LogP contribution in [-0.2, 0) is 31.2 Å². The Morgan fingerprint density at radius 1 is 1.48 bits per heavy atom. The van der Waals surface area contributed by atoms with Crippen molar-refractivity contribution in [2.24, 2.45) is 7.05 Å². The van der Waals surface area contributed by atoms with Gasteiger partial charge in [-0.25, -0.2) is 13.9 Å². The predicted octanol–water partition coefficient (Wildman–Crippen LogP) is 1.69. The van der Waals surface area contributed by atoms with Gasteiger partial charge in [-0.1, -0.05) is 0 Å². The van der Waals surface area contributed by atoms with Gasteiger partial charge < -0.3 is 10.5 Å². The first kappa shape index (κ1) is 14.1. The van der Waals surface area contributed by atoms with E-state index in [0.717, 1.165) is 24.8 Å². The summed E-state index contributed by atoms with van der Waals surface area (Å²) in [6, 6.07) is 0. The number of carbonyl (C=O) groups is 1. The lowest BCUT2D eigenvalue weighted by Crippen LogP contribution is -2.24. The highest BCUT2D eigenvalue weighted by Gasteiger charge is 2.25. The fraction of sp³-hybridized carbons (Fsp3) is 0.467. The fourth-order valence-electron chi connectivity index (χ4n) is 2.76.